The smallest absolute Gasteiger partial charge is 0.231 e. The number of fused-ring (bicyclic) bond motifs is 2. The van der Waals surface area contributed by atoms with Crippen molar-refractivity contribution in [3.05, 3.63) is 82.7 Å². The van der Waals surface area contributed by atoms with Gasteiger partial charge < -0.3 is 18.8 Å². The average molecular weight is 479 g/mol. The molecule has 178 valence electrons. The Morgan fingerprint density at radius 2 is 1.65 bits per heavy atom. The van der Waals surface area contributed by atoms with Gasteiger partial charge >= 0.3 is 0 Å². The van der Waals surface area contributed by atoms with E-state index in [1.165, 1.54) is 22.4 Å². The predicted octanol–water partition coefficient (Wildman–Crippen LogP) is 6.73. The lowest BCUT2D eigenvalue weighted by Gasteiger charge is -2.19. The largest absolute Gasteiger partial charge is 0.487 e. The van der Waals surface area contributed by atoms with Gasteiger partial charge in [0.1, 0.15) is 17.9 Å². The Morgan fingerprint density at radius 1 is 0.941 bits per heavy atom. The van der Waals surface area contributed by atoms with Crippen LogP contribution in [0, 0.1) is 13.8 Å². The quantitative estimate of drug-likeness (QED) is 0.319. The van der Waals surface area contributed by atoms with Crippen LogP contribution < -0.4 is 14.2 Å². The van der Waals surface area contributed by atoms with Gasteiger partial charge in [0.15, 0.2) is 11.5 Å². The van der Waals surface area contributed by atoms with Gasteiger partial charge in [0.25, 0.3) is 0 Å². The minimum absolute atomic E-state index is 0. The lowest BCUT2D eigenvalue weighted by molar-refractivity contribution is 0.174. The number of benzene rings is 2. The van der Waals surface area contributed by atoms with E-state index in [0.717, 1.165) is 40.4 Å². The van der Waals surface area contributed by atoms with Crippen molar-refractivity contribution in [2.24, 2.45) is 0 Å². The van der Waals surface area contributed by atoms with Gasteiger partial charge in [0.2, 0.25) is 6.79 Å². The number of rotatable bonds is 5. The zero-order chi connectivity index (χ0) is 23.2. The van der Waals surface area contributed by atoms with E-state index in [1.54, 1.807) is 0 Å². The Balaban J connectivity index is 0.00000274. The second-order valence-electron chi connectivity index (χ2n) is 9.73. The van der Waals surface area contributed by atoms with Crippen molar-refractivity contribution in [3.8, 4) is 17.2 Å². The molecule has 2 aromatic heterocycles. The Bertz CT molecular complexity index is 1320. The molecule has 5 rings (SSSR count). The first-order chi connectivity index (χ1) is 15.8. The van der Waals surface area contributed by atoms with E-state index in [-0.39, 0.29) is 24.6 Å². The van der Waals surface area contributed by atoms with Gasteiger partial charge in [-0.3, -0.25) is 4.98 Å². The highest BCUT2D eigenvalue weighted by molar-refractivity contribution is 5.86. The molecule has 0 aliphatic carbocycles. The molecule has 4 aromatic rings. The van der Waals surface area contributed by atoms with Gasteiger partial charge in [-0.25, -0.2) is 0 Å². The van der Waals surface area contributed by atoms with E-state index in [1.807, 2.05) is 30.5 Å². The topological polar surface area (TPSA) is 45.5 Å². The maximum Gasteiger partial charge on any atom is 0.231 e. The zero-order valence-electron chi connectivity index (χ0n) is 20.3. The minimum Gasteiger partial charge on any atom is -0.487 e. The summed E-state index contributed by atoms with van der Waals surface area (Å²) in [7, 11) is 0. The first kappa shape index (κ1) is 24.0. The number of ether oxygens (including phenoxy) is 3. The predicted molar refractivity (Wildman–Crippen MR) is 138 cm³/mol. The van der Waals surface area contributed by atoms with Crippen LogP contribution in [0.1, 0.15) is 48.7 Å². The number of aryl methyl sites for hydroxylation is 1. The van der Waals surface area contributed by atoms with Crippen LogP contribution >= 0.6 is 12.4 Å². The zero-order valence-corrected chi connectivity index (χ0v) is 21.2. The molecule has 3 heterocycles. The third-order valence-electron chi connectivity index (χ3n) is 6.45. The number of hydrogen-bond acceptors (Lipinski definition) is 4. The number of halogens is 1. The van der Waals surface area contributed by atoms with Crippen molar-refractivity contribution in [2.75, 3.05) is 6.79 Å². The highest BCUT2D eigenvalue weighted by Crippen LogP contribution is 2.35. The molecule has 0 unspecified atom stereocenters. The van der Waals surface area contributed by atoms with Gasteiger partial charge in [-0.1, -0.05) is 51.1 Å². The number of nitrogens with zero attached hydrogens (tertiary/aromatic N) is 2. The molecule has 0 bridgehead atoms. The maximum atomic E-state index is 6.32. The molecule has 0 amide bonds. The van der Waals surface area contributed by atoms with Crippen LogP contribution in [0.3, 0.4) is 0 Å². The fourth-order valence-electron chi connectivity index (χ4n) is 4.31. The van der Waals surface area contributed by atoms with Crippen LogP contribution in [-0.4, -0.2) is 16.3 Å². The molecule has 2 aromatic carbocycles. The molecule has 0 fully saturated rings. The Hall–Kier alpha value is -3.18. The molecule has 1 aliphatic heterocycles. The Labute approximate surface area is 207 Å². The van der Waals surface area contributed by atoms with Gasteiger partial charge in [-0.2, -0.15) is 0 Å². The summed E-state index contributed by atoms with van der Waals surface area (Å²) in [6.45, 7) is 12.5. The van der Waals surface area contributed by atoms with Gasteiger partial charge in [0, 0.05) is 24.5 Å². The summed E-state index contributed by atoms with van der Waals surface area (Å²) in [5, 5.41) is 0. The maximum absolute atomic E-state index is 6.32. The van der Waals surface area contributed by atoms with Crippen molar-refractivity contribution in [1.82, 2.24) is 9.55 Å². The summed E-state index contributed by atoms with van der Waals surface area (Å²) in [4.78, 5) is 4.68. The monoisotopic (exact) mass is 478 g/mol. The van der Waals surface area contributed by atoms with Crippen LogP contribution in [0.15, 0.2) is 54.7 Å². The highest BCUT2D eigenvalue weighted by Gasteiger charge is 2.19. The number of aromatic nitrogens is 2. The molecule has 0 saturated carbocycles. The van der Waals surface area contributed by atoms with E-state index < -0.39 is 0 Å². The van der Waals surface area contributed by atoms with Crippen LogP contribution in [0.4, 0.5) is 0 Å². The standard InChI is InChI=1S/C28H30N2O3.ClH/c1-18-19(2)30(15-20-6-9-22(10-7-20)28(3,4)5)27-24(12-13-29-26(18)27)31-16-21-8-11-23-25(14-21)33-17-32-23;/h6-14H,15-17H2,1-5H3;1H. The normalized spacial score (nSPS) is 12.6. The second-order valence-corrected chi connectivity index (χ2v) is 9.73. The van der Waals surface area contributed by atoms with Crippen LogP contribution in [-0.2, 0) is 18.6 Å². The van der Waals surface area contributed by atoms with Crippen molar-refractivity contribution in [2.45, 2.75) is 53.2 Å². The molecule has 6 heteroatoms. The lowest BCUT2D eigenvalue weighted by atomic mass is 9.87. The van der Waals surface area contributed by atoms with Crippen molar-refractivity contribution in [1.29, 1.82) is 0 Å². The lowest BCUT2D eigenvalue weighted by Crippen LogP contribution is -2.11. The van der Waals surface area contributed by atoms with Crippen molar-refractivity contribution < 1.29 is 14.2 Å². The summed E-state index contributed by atoms with van der Waals surface area (Å²) in [6, 6.07) is 16.8. The van der Waals surface area contributed by atoms with Crippen molar-refractivity contribution >= 4 is 23.4 Å². The van der Waals surface area contributed by atoms with E-state index >= 15 is 0 Å². The average Bonchev–Trinajstić information content (AvgIpc) is 3.36. The SMILES string of the molecule is Cc1c(C)n(Cc2ccc(C(C)(C)C)cc2)c2c(OCc3ccc4c(c3)OCO4)ccnc12.Cl. The van der Waals surface area contributed by atoms with E-state index in [9.17, 15) is 0 Å². The van der Waals surface area contributed by atoms with Gasteiger partial charge in [0.05, 0.1) is 5.52 Å². The molecule has 5 nitrogen and oxygen atoms in total. The highest BCUT2D eigenvalue weighted by atomic mass is 35.5. The van der Waals surface area contributed by atoms with Crippen LogP contribution in [0.5, 0.6) is 17.2 Å². The summed E-state index contributed by atoms with van der Waals surface area (Å²) >= 11 is 0. The Kier molecular flexibility index (Phi) is 6.50. The number of pyridine rings is 1. The molecular formula is C28H31ClN2O3. The molecular weight excluding hydrogens is 448 g/mol. The minimum atomic E-state index is 0. The molecule has 0 saturated heterocycles. The molecule has 0 radical (unpaired) electrons. The summed E-state index contributed by atoms with van der Waals surface area (Å²) in [6.07, 6.45) is 1.83. The third kappa shape index (κ3) is 4.45. The van der Waals surface area contributed by atoms with Crippen molar-refractivity contribution in [3.63, 3.8) is 0 Å². The summed E-state index contributed by atoms with van der Waals surface area (Å²) in [5.41, 5.74) is 8.19. The summed E-state index contributed by atoms with van der Waals surface area (Å²) in [5.74, 6) is 2.38. The molecule has 0 spiro atoms. The second kappa shape index (κ2) is 9.22. The summed E-state index contributed by atoms with van der Waals surface area (Å²) < 4.78 is 19.6. The van der Waals surface area contributed by atoms with Gasteiger partial charge in [-0.15, -0.1) is 12.4 Å². The molecule has 34 heavy (non-hydrogen) atoms. The fourth-order valence-corrected chi connectivity index (χ4v) is 4.31. The molecule has 0 atom stereocenters. The first-order valence-electron chi connectivity index (χ1n) is 11.4. The van der Waals surface area contributed by atoms with E-state index in [2.05, 4.69) is 68.4 Å². The Morgan fingerprint density at radius 3 is 2.38 bits per heavy atom. The third-order valence-corrected chi connectivity index (χ3v) is 6.45. The number of hydrogen-bond donors (Lipinski definition) is 0. The van der Waals surface area contributed by atoms with Gasteiger partial charge in [-0.05, 0) is 53.6 Å². The van der Waals surface area contributed by atoms with E-state index in [4.69, 9.17) is 14.2 Å². The van der Waals surface area contributed by atoms with Crippen LogP contribution in [0.2, 0.25) is 0 Å². The first-order valence-corrected chi connectivity index (χ1v) is 11.4. The van der Waals surface area contributed by atoms with E-state index in [0.29, 0.717) is 6.61 Å². The fraction of sp³-hybridized carbons (Fsp3) is 0.321. The van der Waals surface area contributed by atoms with Crippen LogP contribution in [0.25, 0.3) is 11.0 Å². The molecule has 1 aliphatic rings. The molecule has 0 N–H and O–H groups in total.